The van der Waals surface area contributed by atoms with Gasteiger partial charge in [-0.15, -0.1) is 0 Å². The molecule has 0 saturated heterocycles. The molecule has 2 aromatic rings. The maximum absolute atomic E-state index is 11.5. The lowest BCUT2D eigenvalue weighted by Gasteiger charge is -2.08. The summed E-state index contributed by atoms with van der Waals surface area (Å²) in [6.45, 7) is 0. The third kappa shape index (κ3) is 2.47. The van der Waals surface area contributed by atoms with Crippen molar-refractivity contribution in [2.45, 2.75) is 4.90 Å². The van der Waals surface area contributed by atoms with Gasteiger partial charge in [0.25, 0.3) is 0 Å². The van der Waals surface area contributed by atoms with E-state index in [9.17, 15) is 8.42 Å². The molecule has 0 bridgehead atoms. The number of pyridine rings is 1. The van der Waals surface area contributed by atoms with E-state index in [1.54, 1.807) is 24.3 Å². The van der Waals surface area contributed by atoms with Crippen molar-refractivity contribution in [2.24, 2.45) is 0 Å². The van der Waals surface area contributed by atoms with E-state index in [2.05, 4.69) is 4.98 Å². The molecule has 0 unspecified atom stereocenters. The minimum Gasteiger partial charge on any atom is -0.396 e. The molecule has 1 aromatic heterocycles. The predicted octanol–water partition coefficient (Wildman–Crippen LogP) is 2.39. The van der Waals surface area contributed by atoms with Crippen molar-refractivity contribution in [1.82, 2.24) is 4.98 Å². The summed E-state index contributed by atoms with van der Waals surface area (Å²) in [5, 5.41) is 0.206. The van der Waals surface area contributed by atoms with Crippen LogP contribution < -0.4 is 5.73 Å². The molecular weight excluding hydrogens is 272 g/mol. The van der Waals surface area contributed by atoms with E-state index in [-0.39, 0.29) is 10.0 Å². The van der Waals surface area contributed by atoms with E-state index < -0.39 is 9.84 Å². The van der Waals surface area contributed by atoms with E-state index in [1.165, 1.54) is 12.3 Å². The second-order valence-corrected chi connectivity index (χ2v) is 6.24. The molecule has 0 radical (unpaired) electrons. The number of halogens is 1. The molecule has 0 atom stereocenters. The number of nitrogens with zero attached hydrogens (tertiary/aromatic N) is 1. The van der Waals surface area contributed by atoms with Crippen LogP contribution in [0.3, 0.4) is 0 Å². The van der Waals surface area contributed by atoms with Crippen molar-refractivity contribution in [3.8, 4) is 11.1 Å². The molecule has 6 heteroatoms. The molecule has 0 saturated carbocycles. The molecular formula is C12H11ClN2O2S. The molecule has 0 aliphatic heterocycles. The molecule has 2 rings (SSSR count). The van der Waals surface area contributed by atoms with Crippen molar-refractivity contribution in [1.29, 1.82) is 0 Å². The quantitative estimate of drug-likeness (QED) is 0.859. The lowest BCUT2D eigenvalue weighted by molar-refractivity contribution is 0.602. The van der Waals surface area contributed by atoms with Gasteiger partial charge >= 0.3 is 0 Å². The van der Waals surface area contributed by atoms with Crippen molar-refractivity contribution >= 4 is 27.1 Å². The summed E-state index contributed by atoms with van der Waals surface area (Å²) in [4.78, 5) is 4.10. The number of nitrogen functional groups attached to an aromatic ring is 1. The highest BCUT2D eigenvalue weighted by Crippen LogP contribution is 2.30. The van der Waals surface area contributed by atoms with Crippen LogP contribution in [0.2, 0.25) is 5.15 Å². The van der Waals surface area contributed by atoms with Gasteiger partial charge in [0.1, 0.15) is 0 Å². The van der Waals surface area contributed by atoms with Crippen LogP contribution >= 0.6 is 11.6 Å². The minimum absolute atomic E-state index is 0.206. The zero-order valence-electron chi connectivity index (χ0n) is 9.59. The summed E-state index contributed by atoms with van der Waals surface area (Å²) >= 11 is 5.84. The standard InChI is InChI=1S/C12H11ClN2O2S/c1-18(16,17)9-4-2-3-8(7-9)10-5-6-15-12(13)11(10)14/h2-7H,14H2,1H3. The number of hydrogen-bond donors (Lipinski definition) is 1. The molecule has 0 aliphatic rings. The number of rotatable bonds is 2. The Morgan fingerprint density at radius 1 is 1.28 bits per heavy atom. The lowest BCUT2D eigenvalue weighted by Crippen LogP contribution is -1.98. The Morgan fingerprint density at radius 3 is 2.67 bits per heavy atom. The van der Waals surface area contributed by atoms with Gasteiger partial charge in [0.05, 0.1) is 10.6 Å². The summed E-state index contributed by atoms with van der Waals surface area (Å²) < 4.78 is 23.0. The fourth-order valence-corrected chi connectivity index (χ4v) is 2.42. The SMILES string of the molecule is CS(=O)(=O)c1cccc(-c2ccnc(Cl)c2N)c1. The van der Waals surface area contributed by atoms with E-state index in [0.29, 0.717) is 16.8 Å². The van der Waals surface area contributed by atoms with Crippen LogP contribution in [0, 0.1) is 0 Å². The Hall–Kier alpha value is -1.59. The Kier molecular flexibility index (Phi) is 3.28. The van der Waals surface area contributed by atoms with Crippen LogP contribution in [-0.2, 0) is 9.84 Å². The topological polar surface area (TPSA) is 73.0 Å². The molecule has 0 amide bonds. The maximum atomic E-state index is 11.5. The van der Waals surface area contributed by atoms with Crippen molar-refractivity contribution < 1.29 is 8.42 Å². The fraction of sp³-hybridized carbons (Fsp3) is 0.0833. The summed E-state index contributed by atoms with van der Waals surface area (Å²) in [6.07, 6.45) is 2.69. The van der Waals surface area contributed by atoms with E-state index >= 15 is 0 Å². The van der Waals surface area contributed by atoms with Crippen molar-refractivity contribution in [3.05, 3.63) is 41.7 Å². The average Bonchev–Trinajstić information content (AvgIpc) is 2.32. The summed E-state index contributed by atoms with van der Waals surface area (Å²) in [6, 6.07) is 8.24. The van der Waals surface area contributed by atoms with Gasteiger partial charge in [-0.05, 0) is 23.8 Å². The van der Waals surface area contributed by atoms with Gasteiger partial charge in [-0.1, -0.05) is 23.7 Å². The first-order chi connectivity index (χ1) is 8.39. The number of aromatic nitrogens is 1. The molecule has 18 heavy (non-hydrogen) atoms. The van der Waals surface area contributed by atoms with Crippen LogP contribution in [0.15, 0.2) is 41.4 Å². The van der Waals surface area contributed by atoms with Crippen molar-refractivity contribution in [2.75, 3.05) is 12.0 Å². The van der Waals surface area contributed by atoms with Crippen LogP contribution in [0.25, 0.3) is 11.1 Å². The number of nitrogens with two attached hydrogens (primary N) is 1. The number of benzene rings is 1. The van der Waals surface area contributed by atoms with Crippen LogP contribution in [0.5, 0.6) is 0 Å². The van der Waals surface area contributed by atoms with Crippen LogP contribution in [0.1, 0.15) is 0 Å². The van der Waals surface area contributed by atoms with E-state index in [1.807, 2.05) is 0 Å². The number of anilines is 1. The second-order valence-electron chi connectivity index (χ2n) is 3.86. The third-order valence-electron chi connectivity index (χ3n) is 2.51. The van der Waals surface area contributed by atoms with Gasteiger partial charge in [0.15, 0.2) is 15.0 Å². The predicted molar refractivity (Wildman–Crippen MR) is 72.2 cm³/mol. The summed E-state index contributed by atoms with van der Waals surface area (Å²) in [5.74, 6) is 0. The largest absolute Gasteiger partial charge is 0.396 e. The monoisotopic (exact) mass is 282 g/mol. The van der Waals surface area contributed by atoms with Gasteiger partial charge in [0.2, 0.25) is 0 Å². The van der Waals surface area contributed by atoms with Gasteiger partial charge in [-0.25, -0.2) is 13.4 Å². The van der Waals surface area contributed by atoms with Crippen LogP contribution in [-0.4, -0.2) is 19.7 Å². The highest BCUT2D eigenvalue weighted by molar-refractivity contribution is 7.90. The first kappa shape index (κ1) is 12.9. The highest BCUT2D eigenvalue weighted by atomic mass is 35.5. The average molecular weight is 283 g/mol. The van der Waals surface area contributed by atoms with Gasteiger partial charge in [-0.2, -0.15) is 0 Å². The summed E-state index contributed by atoms with van der Waals surface area (Å²) in [7, 11) is -3.25. The Bertz CT molecular complexity index is 699. The molecule has 4 nitrogen and oxygen atoms in total. The first-order valence-corrected chi connectivity index (χ1v) is 7.37. The number of hydrogen-bond acceptors (Lipinski definition) is 4. The smallest absolute Gasteiger partial charge is 0.175 e. The molecule has 1 heterocycles. The molecule has 0 spiro atoms. The minimum atomic E-state index is -3.25. The molecule has 0 fully saturated rings. The molecule has 94 valence electrons. The molecule has 0 aliphatic carbocycles. The van der Waals surface area contributed by atoms with Crippen molar-refractivity contribution in [3.63, 3.8) is 0 Å². The zero-order valence-corrected chi connectivity index (χ0v) is 11.2. The normalized spacial score (nSPS) is 11.4. The summed E-state index contributed by atoms with van der Waals surface area (Å²) in [5.41, 5.74) is 7.53. The first-order valence-electron chi connectivity index (χ1n) is 5.10. The van der Waals surface area contributed by atoms with Gasteiger partial charge in [0, 0.05) is 18.0 Å². The second kappa shape index (κ2) is 4.59. The number of sulfone groups is 1. The maximum Gasteiger partial charge on any atom is 0.175 e. The Labute approximate surface area is 110 Å². The van der Waals surface area contributed by atoms with Crippen LogP contribution in [0.4, 0.5) is 5.69 Å². The molecule has 1 aromatic carbocycles. The lowest BCUT2D eigenvalue weighted by atomic mass is 10.1. The highest BCUT2D eigenvalue weighted by Gasteiger charge is 2.11. The fourth-order valence-electron chi connectivity index (χ4n) is 1.59. The van der Waals surface area contributed by atoms with E-state index in [0.717, 1.165) is 6.26 Å². The molecule has 2 N–H and O–H groups in total. The Balaban J connectivity index is 2.62. The van der Waals surface area contributed by atoms with Gasteiger partial charge in [-0.3, -0.25) is 0 Å². The zero-order chi connectivity index (χ0) is 13.3. The van der Waals surface area contributed by atoms with Gasteiger partial charge < -0.3 is 5.73 Å². The van der Waals surface area contributed by atoms with E-state index in [4.69, 9.17) is 17.3 Å². The Morgan fingerprint density at radius 2 is 2.00 bits per heavy atom. The third-order valence-corrected chi connectivity index (χ3v) is 3.93.